The minimum Gasteiger partial charge on any atom is -0.352 e. The molecule has 0 spiro atoms. The number of nitrogens with one attached hydrogen (secondary N) is 2. The third-order valence-electron chi connectivity index (χ3n) is 3.42. The maximum atomic E-state index is 12.0. The Hall–Kier alpha value is -2.63. The van der Waals surface area contributed by atoms with Gasteiger partial charge < -0.3 is 10.6 Å². The maximum Gasteiger partial charge on any atom is 0.251 e. The van der Waals surface area contributed by atoms with Crippen molar-refractivity contribution < 1.29 is 9.59 Å². The lowest BCUT2D eigenvalue weighted by Gasteiger charge is -2.11. The van der Waals surface area contributed by atoms with Crippen LogP contribution in [0.25, 0.3) is 0 Å². The molecular formula is C18H24N4O2. The number of hydrogen-bond acceptors (Lipinski definition) is 3. The molecule has 0 bridgehead atoms. The van der Waals surface area contributed by atoms with E-state index in [2.05, 4.69) is 29.6 Å². The molecule has 2 aromatic rings. The Labute approximate surface area is 142 Å². The first-order chi connectivity index (χ1) is 11.6. The van der Waals surface area contributed by atoms with E-state index < -0.39 is 0 Å². The van der Waals surface area contributed by atoms with Crippen molar-refractivity contribution in [3.8, 4) is 0 Å². The van der Waals surface area contributed by atoms with Crippen LogP contribution in [0.5, 0.6) is 0 Å². The van der Waals surface area contributed by atoms with Gasteiger partial charge in [-0.1, -0.05) is 32.0 Å². The van der Waals surface area contributed by atoms with E-state index in [0.29, 0.717) is 36.7 Å². The zero-order chi connectivity index (χ0) is 17.4. The first-order valence-corrected chi connectivity index (χ1v) is 8.21. The summed E-state index contributed by atoms with van der Waals surface area (Å²) >= 11 is 0. The largest absolute Gasteiger partial charge is 0.352 e. The zero-order valence-electron chi connectivity index (χ0n) is 14.2. The topological polar surface area (TPSA) is 76.0 Å². The Morgan fingerprint density at radius 2 is 1.92 bits per heavy atom. The van der Waals surface area contributed by atoms with E-state index in [4.69, 9.17) is 0 Å². The third-order valence-corrected chi connectivity index (χ3v) is 3.42. The summed E-state index contributed by atoms with van der Waals surface area (Å²) in [5.41, 5.74) is 0.625. The molecule has 0 atom stereocenters. The van der Waals surface area contributed by atoms with E-state index in [1.54, 1.807) is 29.1 Å². The third kappa shape index (κ3) is 5.53. The molecule has 0 radical (unpaired) electrons. The number of anilines is 1. The van der Waals surface area contributed by atoms with E-state index in [-0.39, 0.29) is 11.8 Å². The van der Waals surface area contributed by atoms with E-state index in [9.17, 15) is 9.59 Å². The van der Waals surface area contributed by atoms with Gasteiger partial charge in [-0.05, 0) is 24.5 Å². The van der Waals surface area contributed by atoms with Crippen LogP contribution >= 0.6 is 0 Å². The Morgan fingerprint density at radius 1 is 1.17 bits per heavy atom. The first kappa shape index (κ1) is 17.7. The molecule has 0 unspecified atom stereocenters. The molecule has 0 aliphatic rings. The smallest absolute Gasteiger partial charge is 0.251 e. The highest BCUT2D eigenvalue weighted by molar-refractivity contribution is 5.94. The van der Waals surface area contributed by atoms with Crippen LogP contribution in [0.1, 0.15) is 37.0 Å². The van der Waals surface area contributed by atoms with Crippen LogP contribution in [0, 0.1) is 5.92 Å². The molecule has 0 saturated heterocycles. The van der Waals surface area contributed by atoms with Gasteiger partial charge in [-0.2, -0.15) is 5.10 Å². The Morgan fingerprint density at radius 3 is 2.62 bits per heavy atom. The average Bonchev–Trinajstić information content (AvgIpc) is 2.98. The molecule has 1 aromatic heterocycles. The first-order valence-electron chi connectivity index (χ1n) is 8.21. The predicted octanol–water partition coefficient (Wildman–Crippen LogP) is 2.69. The molecule has 6 heteroatoms. The number of carbonyl (C=O) groups is 2. The van der Waals surface area contributed by atoms with Gasteiger partial charge in [-0.15, -0.1) is 0 Å². The number of aromatic nitrogens is 2. The van der Waals surface area contributed by atoms with Gasteiger partial charge in [0.1, 0.15) is 5.82 Å². The molecule has 6 nitrogen and oxygen atoms in total. The van der Waals surface area contributed by atoms with Crippen LogP contribution in [0.2, 0.25) is 0 Å². The molecule has 0 fully saturated rings. The molecule has 2 N–H and O–H groups in total. The highest BCUT2D eigenvalue weighted by Gasteiger charge is 2.09. The number of benzene rings is 1. The van der Waals surface area contributed by atoms with E-state index in [1.165, 1.54) is 0 Å². The van der Waals surface area contributed by atoms with Gasteiger partial charge in [-0.3, -0.25) is 9.59 Å². The van der Waals surface area contributed by atoms with Gasteiger partial charge in [-0.25, -0.2) is 4.68 Å². The molecule has 0 aliphatic heterocycles. The fraction of sp³-hybridized carbons (Fsp3) is 0.389. The molecule has 0 aliphatic carbocycles. The van der Waals surface area contributed by atoms with Crippen LogP contribution in [-0.2, 0) is 11.3 Å². The van der Waals surface area contributed by atoms with Gasteiger partial charge in [0.05, 0.1) is 6.20 Å². The second-order valence-corrected chi connectivity index (χ2v) is 6.07. The standard InChI is InChI=1S/C18H24N4O2/c1-14(2)13-22-16(10-12-20-22)21-17(23)9-6-11-19-18(24)15-7-4-3-5-8-15/h3-5,7-8,10,12,14H,6,9,11,13H2,1-2H3,(H,19,24)(H,21,23). The summed E-state index contributed by atoms with van der Waals surface area (Å²) in [4.78, 5) is 23.9. The minimum atomic E-state index is -0.119. The highest BCUT2D eigenvalue weighted by atomic mass is 16.2. The molecule has 0 saturated carbocycles. The second-order valence-electron chi connectivity index (χ2n) is 6.07. The summed E-state index contributed by atoms with van der Waals surface area (Å²) in [7, 11) is 0. The second kappa shape index (κ2) is 8.86. The molecule has 2 amide bonds. The lowest BCUT2D eigenvalue weighted by molar-refractivity contribution is -0.116. The van der Waals surface area contributed by atoms with Gasteiger partial charge in [0, 0.05) is 31.1 Å². The molecule has 1 aromatic carbocycles. The SMILES string of the molecule is CC(C)Cn1nccc1NC(=O)CCCNC(=O)c1ccccc1. The molecule has 1 heterocycles. The molecular weight excluding hydrogens is 304 g/mol. The van der Waals surface area contributed by atoms with Crippen LogP contribution < -0.4 is 10.6 Å². The van der Waals surface area contributed by atoms with Crippen molar-refractivity contribution in [2.24, 2.45) is 5.92 Å². The van der Waals surface area contributed by atoms with E-state index >= 15 is 0 Å². The van der Waals surface area contributed by atoms with Crippen molar-refractivity contribution in [1.29, 1.82) is 0 Å². The highest BCUT2D eigenvalue weighted by Crippen LogP contribution is 2.10. The van der Waals surface area contributed by atoms with Gasteiger partial charge in [0.15, 0.2) is 0 Å². The van der Waals surface area contributed by atoms with Crippen molar-refractivity contribution in [3.05, 3.63) is 48.2 Å². The quantitative estimate of drug-likeness (QED) is 0.732. The summed E-state index contributed by atoms with van der Waals surface area (Å²) in [6.07, 6.45) is 2.61. The summed E-state index contributed by atoms with van der Waals surface area (Å²) in [5, 5.41) is 9.89. The van der Waals surface area contributed by atoms with Gasteiger partial charge in [0.2, 0.25) is 5.91 Å². The van der Waals surface area contributed by atoms with Crippen LogP contribution in [-0.4, -0.2) is 28.1 Å². The van der Waals surface area contributed by atoms with Crippen molar-refractivity contribution in [2.45, 2.75) is 33.2 Å². The van der Waals surface area contributed by atoms with Gasteiger partial charge in [0.25, 0.3) is 5.91 Å². The van der Waals surface area contributed by atoms with Gasteiger partial charge >= 0.3 is 0 Å². The summed E-state index contributed by atoms with van der Waals surface area (Å²) < 4.78 is 1.79. The van der Waals surface area contributed by atoms with Crippen LogP contribution in [0.15, 0.2) is 42.6 Å². The number of carbonyl (C=O) groups excluding carboxylic acids is 2. The summed E-state index contributed by atoms with van der Waals surface area (Å²) in [6, 6.07) is 10.8. The Balaban J connectivity index is 1.70. The molecule has 24 heavy (non-hydrogen) atoms. The van der Waals surface area contributed by atoms with Crippen molar-refractivity contribution in [2.75, 3.05) is 11.9 Å². The summed E-state index contributed by atoms with van der Waals surface area (Å²) in [5.74, 6) is 0.969. The Bertz CT molecular complexity index is 665. The fourth-order valence-electron chi connectivity index (χ4n) is 2.28. The van der Waals surface area contributed by atoms with Crippen molar-refractivity contribution >= 4 is 17.6 Å². The van der Waals surface area contributed by atoms with E-state index in [0.717, 1.165) is 6.54 Å². The lowest BCUT2D eigenvalue weighted by Crippen LogP contribution is -2.25. The fourth-order valence-corrected chi connectivity index (χ4v) is 2.28. The average molecular weight is 328 g/mol. The zero-order valence-corrected chi connectivity index (χ0v) is 14.2. The Kier molecular flexibility index (Phi) is 6.54. The number of amides is 2. The van der Waals surface area contributed by atoms with E-state index in [1.807, 2.05) is 18.2 Å². The molecule has 128 valence electrons. The summed E-state index contributed by atoms with van der Waals surface area (Å²) in [6.45, 7) is 5.42. The monoisotopic (exact) mass is 328 g/mol. The predicted molar refractivity (Wildman–Crippen MR) is 93.7 cm³/mol. The van der Waals surface area contributed by atoms with Crippen LogP contribution in [0.3, 0.4) is 0 Å². The molecule has 2 rings (SSSR count). The number of rotatable bonds is 8. The normalized spacial score (nSPS) is 10.6. The number of hydrogen-bond donors (Lipinski definition) is 2. The van der Waals surface area contributed by atoms with Crippen molar-refractivity contribution in [1.82, 2.24) is 15.1 Å². The number of nitrogens with zero attached hydrogens (tertiary/aromatic N) is 2. The van der Waals surface area contributed by atoms with Crippen LogP contribution in [0.4, 0.5) is 5.82 Å². The van der Waals surface area contributed by atoms with Crippen molar-refractivity contribution in [3.63, 3.8) is 0 Å². The lowest BCUT2D eigenvalue weighted by atomic mass is 10.2. The maximum absolute atomic E-state index is 12.0. The minimum absolute atomic E-state index is 0.0746.